The summed E-state index contributed by atoms with van der Waals surface area (Å²) in [5.41, 5.74) is 11.0. The molecule has 0 bridgehead atoms. The quantitative estimate of drug-likeness (QED) is 0.303. The first kappa shape index (κ1) is 12.7. The fraction of sp³-hybridized carbons (Fsp3) is 0.0909. The number of nitrogen functional groups attached to an aromatic ring is 1. The molecule has 0 aliphatic heterocycles. The van der Waals surface area contributed by atoms with Crippen molar-refractivity contribution in [2.75, 3.05) is 12.3 Å². The molecule has 2 amide bonds. The van der Waals surface area contributed by atoms with E-state index in [0.29, 0.717) is 5.06 Å². The molecular weight excluding hydrogens is 222 g/mol. The number of anilines is 1. The molecule has 6 heteroatoms. The number of nitrogens with zero attached hydrogens (tertiary/aromatic N) is 1. The molecule has 0 saturated carbocycles. The van der Waals surface area contributed by atoms with Gasteiger partial charge < -0.3 is 11.5 Å². The van der Waals surface area contributed by atoms with Crippen LogP contribution >= 0.6 is 0 Å². The zero-order valence-corrected chi connectivity index (χ0v) is 9.09. The molecule has 0 aliphatic rings. The lowest BCUT2D eigenvalue weighted by Crippen LogP contribution is -2.28. The van der Waals surface area contributed by atoms with Crippen LogP contribution in [0, 0.1) is 0 Å². The van der Waals surface area contributed by atoms with Crippen molar-refractivity contribution >= 4 is 17.5 Å². The monoisotopic (exact) mass is 235 g/mol. The Hall–Kier alpha value is -2.34. The fourth-order valence-corrected chi connectivity index (χ4v) is 1.27. The van der Waals surface area contributed by atoms with Gasteiger partial charge in [-0.3, -0.25) is 14.8 Å². The van der Waals surface area contributed by atoms with Gasteiger partial charge in [0.05, 0.1) is 6.54 Å². The zero-order valence-electron chi connectivity index (χ0n) is 9.09. The lowest BCUT2D eigenvalue weighted by molar-refractivity contribution is -0.0493. The number of nitrogens with two attached hydrogens (primary N) is 2. The molecule has 17 heavy (non-hydrogen) atoms. The highest BCUT2D eigenvalue weighted by Crippen LogP contribution is 2.13. The number of primary amides is 1. The lowest BCUT2D eigenvalue weighted by atomic mass is 10.1. The summed E-state index contributed by atoms with van der Waals surface area (Å²) in [4.78, 5) is 22.7. The Morgan fingerprint density at radius 2 is 1.94 bits per heavy atom. The molecular formula is C11H13N3O3. The van der Waals surface area contributed by atoms with Crippen molar-refractivity contribution < 1.29 is 14.8 Å². The smallest absolute Gasteiger partial charge is 0.277 e. The summed E-state index contributed by atoms with van der Waals surface area (Å²) in [7, 11) is 0. The van der Waals surface area contributed by atoms with Crippen LogP contribution < -0.4 is 11.5 Å². The van der Waals surface area contributed by atoms with Gasteiger partial charge in [0.15, 0.2) is 0 Å². The van der Waals surface area contributed by atoms with E-state index in [2.05, 4.69) is 6.58 Å². The topological polar surface area (TPSA) is 110 Å². The van der Waals surface area contributed by atoms with Crippen molar-refractivity contribution in [3.05, 3.63) is 42.0 Å². The normalized spacial score (nSPS) is 9.71. The van der Waals surface area contributed by atoms with Gasteiger partial charge in [-0.05, 0) is 18.2 Å². The van der Waals surface area contributed by atoms with Crippen LogP contribution in [0.1, 0.15) is 20.7 Å². The predicted molar refractivity (Wildman–Crippen MR) is 62.4 cm³/mol. The van der Waals surface area contributed by atoms with E-state index in [4.69, 9.17) is 11.5 Å². The van der Waals surface area contributed by atoms with Gasteiger partial charge in [0, 0.05) is 16.8 Å². The van der Waals surface area contributed by atoms with Crippen LogP contribution in [0.15, 0.2) is 30.9 Å². The minimum absolute atomic E-state index is 0.0282. The molecule has 0 aliphatic carbocycles. The Labute approximate surface area is 98.1 Å². The van der Waals surface area contributed by atoms with Gasteiger partial charge >= 0.3 is 0 Å². The van der Waals surface area contributed by atoms with Crippen molar-refractivity contribution in [3.63, 3.8) is 0 Å². The van der Waals surface area contributed by atoms with Crippen LogP contribution in [-0.2, 0) is 0 Å². The minimum Gasteiger partial charge on any atom is -0.399 e. The highest BCUT2D eigenvalue weighted by Gasteiger charge is 2.15. The van der Waals surface area contributed by atoms with E-state index in [1.54, 1.807) is 0 Å². The number of rotatable bonds is 4. The van der Waals surface area contributed by atoms with E-state index in [-0.39, 0.29) is 23.4 Å². The van der Waals surface area contributed by atoms with E-state index in [0.717, 1.165) is 0 Å². The maximum absolute atomic E-state index is 11.7. The van der Waals surface area contributed by atoms with Gasteiger partial charge in [0.25, 0.3) is 5.91 Å². The summed E-state index contributed by atoms with van der Waals surface area (Å²) in [6.45, 7) is 3.36. The van der Waals surface area contributed by atoms with Crippen LogP contribution in [0.25, 0.3) is 0 Å². The third-order valence-corrected chi connectivity index (χ3v) is 2.02. The number of benzene rings is 1. The number of carbonyl (C=O) groups is 2. The van der Waals surface area contributed by atoms with Gasteiger partial charge in [-0.15, -0.1) is 6.58 Å². The summed E-state index contributed by atoms with van der Waals surface area (Å²) in [5, 5.41) is 9.81. The summed E-state index contributed by atoms with van der Waals surface area (Å²) < 4.78 is 0. The second kappa shape index (κ2) is 5.13. The second-order valence-electron chi connectivity index (χ2n) is 3.38. The molecule has 0 heterocycles. The summed E-state index contributed by atoms with van der Waals surface area (Å²) >= 11 is 0. The Kier molecular flexibility index (Phi) is 3.84. The van der Waals surface area contributed by atoms with Crippen molar-refractivity contribution in [2.45, 2.75) is 0 Å². The molecule has 0 aromatic heterocycles. The number of hydrogen-bond donors (Lipinski definition) is 3. The van der Waals surface area contributed by atoms with Crippen molar-refractivity contribution in [1.29, 1.82) is 0 Å². The molecule has 0 spiro atoms. The summed E-state index contributed by atoms with van der Waals surface area (Å²) in [6, 6.07) is 3.97. The molecule has 90 valence electrons. The second-order valence-corrected chi connectivity index (χ2v) is 3.38. The SMILES string of the molecule is C=CCN(O)C(=O)c1cc(N)cc(C(N)=O)c1. The summed E-state index contributed by atoms with van der Waals surface area (Å²) in [5.74, 6) is -1.38. The number of hydroxylamine groups is 2. The first-order chi connectivity index (χ1) is 7.95. The number of amides is 2. The number of hydrogen-bond acceptors (Lipinski definition) is 4. The van der Waals surface area contributed by atoms with Gasteiger partial charge in [0.2, 0.25) is 5.91 Å². The van der Waals surface area contributed by atoms with Crippen LogP contribution in [0.2, 0.25) is 0 Å². The minimum atomic E-state index is -0.695. The highest BCUT2D eigenvalue weighted by atomic mass is 16.5. The van der Waals surface area contributed by atoms with E-state index >= 15 is 0 Å². The summed E-state index contributed by atoms with van der Waals surface area (Å²) in [6.07, 6.45) is 1.36. The molecule has 0 saturated heterocycles. The maximum atomic E-state index is 11.7. The van der Waals surface area contributed by atoms with Crippen molar-refractivity contribution in [3.8, 4) is 0 Å². The van der Waals surface area contributed by atoms with Crippen molar-refractivity contribution in [1.82, 2.24) is 5.06 Å². The Bertz CT molecular complexity index is 471. The van der Waals surface area contributed by atoms with Gasteiger partial charge in [-0.25, -0.2) is 5.06 Å². The van der Waals surface area contributed by atoms with Gasteiger partial charge in [-0.2, -0.15) is 0 Å². The van der Waals surface area contributed by atoms with Crippen LogP contribution in [0.3, 0.4) is 0 Å². The van der Waals surface area contributed by atoms with E-state index in [9.17, 15) is 14.8 Å². The molecule has 6 nitrogen and oxygen atoms in total. The third kappa shape index (κ3) is 3.05. The molecule has 5 N–H and O–H groups in total. The predicted octanol–water partition coefficient (Wildman–Crippen LogP) is 0.385. The van der Waals surface area contributed by atoms with E-state index < -0.39 is 11.8 Å². The molecule has 0 unspecified atom stereocenters. The van der Waals surface area contributed by atoms with Crippen LogP contribution in [-0.4, -0.2) is 28.6 Å². The van der Waals surface area contributed by atoms with Crippen LogP contribution in [0.4, 0.5) is 5.69 Å². The molecule has 0 radical (unpaired) electrons. The first-order valence-corrected chi connectivity index (χ1v) is 4.77. The van der Waals surface area contributed by atoms with Crippen LogP contribution in [0.5, 0.6) is 0 Å². The average molecular weight is 235 g/mol. The molecule has 0 fully saturated rings. The fourth-order valence-electron chi connectivity index (χ4n) is 1.27. The van der Waals surface area contributed by atoms with E-state index in [1.165, 1.54) is 24.3 Å². The van der Waals surface area contributed by atoms with Gasteiger partial charge in [0.1, 0.15) is 0 Å². The maximum Gasteiger partial charge on any atom is 0.277 e. The lowest BCUT2D eigenvalue weighted by Gasteiger charge is -2.13. The molecule has 0 atom stereocenters. The van der Waals surface area contributed by atoms with E-state index in [1.807, 2.05) is 0 Å². The average Bonchev–Trinajstić information content (AvgIpc) is 2.27. The first-order valence-electron chi connectivity index (χ1n) is 4.77. The standard InChI is InChI=1S/C11H13N3O3/c1-2-3-14(17)11(16)8-4-7(10(13)15)5-9(12)6-8/h2,4-6,17H,1,3,12H2,(H2,13,15). The third-order valence-electron chi connectivity index (χ3n) is 2.02. The molecule has 1 aromatic rings. The highest BCUT2D eigenvalue weighted by molar-refractivity contribution is 6.00. The number of carbonyl (C=O) groups excluding carboxylic acids is 2. The largest absolute Gasteiger partial charge is 0.399 e. The molecule has 1 aromatic carbocycles. The van der Waals surface area contributed by atoms with Gasteiger partial charge in [-0.1, -0.05) is 6.08 Å². The molecule has 1 rings (SSSR count). The Morgan fingerprint density at radius 1 is 1.35 bits per heavy atom. The zero-order chi connectivity index (χ0) is 13.0. The Morgan fingerprint density at radius 3 is 2.47 bits per heavy atom. The Balaban J connectivity index is 3.09. The van der Waals surface area contributed by atoms with Crippen molar-refractivity contribution in [2.24, 2.45) is 5.73 Å².